The Morgan fingerprint density at radius 1 is 1.45 bits per heavy atom. The van der Waals surface area contributed by atoms with E-state index in [0.29, 0.717) is 12.3 Å². The van der Waals surface area contributed by atoms with Gasteiger partial charge < -0.3 is 4.90 Å². The molecule has 0 radical (unpaired) electrons. The monoisotopic (exact) mass is 286 g/mol. The number of aromatic nitrogens is 1. The predicted molar refractivity (Wildman–Crippen MR) is 82.4 cm³/mol. The average Bonchev–Trinajstić information content (AvgIpc) is 2.84. The lowest BCUT2D eigenvalue weighted by atomic mass is 9.91. The third-order valence-corrected chi connectivity index (χ3v) is 4.67. The molecule has 3 rings (SSSR count). The first kappa shape index (κ1) is 13.3. The molecule has 0 N–H and O–H groups in total. The number of carbonyl (C=O) groups excluding carboxylic acids is 1. The summed E-state index contributed by atoms with van der Waals surface area (Å²) in [5, 5.41) is 2.99. The molecule has 2 aromatic rings. The third-order valence-electron chi connectivity index (χ3n) is 3.84. The summed E-state index contributed by atoms with van der Waals surface area (Å²) in [6.07, 6.45) is 1.42. The zero-order valence-electron chi connectivity index (χ0n) is 11.8. The number of benzene rings is 1. The molecule has 1 amide bonds. The molecule has 1 atom stereocenters. The van der Waals surface area contributed by atoms with E-state index >= 15 is 0 Å². The maximum absolute atomic E-state index is 12.5. The minimum absolute atomic E-state index is 0.148. The molecular formula is C16H18N2OS. The van der Waals surface area contributed by atoms with Gasteiger partial charge in [0, 0.05) is 17.6 Å². The van der Waals surface area contributed by atoms with Crippen LogP contribution in [0.4, 0.5) is 5.69 Å². The summed E-state index contributed by atoms with van der Waals surface area (Å²) in [5.74, 6) is 0.673. The quantitative estimate of drug-likeness (QED) is 0.846. The number of carbonyl (C=O) groups is 1. The Bertz CT molecular complexity index is 635. The highest BCUT2D eigenvalue weighted by Gasteiger charge is 2.26. The number of para-hydroxylation sites is 1. The highest BCUT2D eigenvalue weighted by Crippen LogP contribution is 2.34. The van der Waals surface area contributed by atoms with Gasteiger partial charge in [-0.3, -0.25) is 4.79 Å². The molecular weight excluding hydrogens is 268 g/mol. The van der Waals surface area contributed by atoms with Gasteiger partial charge in [0.05, 0.1) is 17.1 Å². The van der Waals surface area contributed by atoms with Gasteiger partial charge in [-0.25, -0.2) is 4.98 Å². The third kappa shape index (κ3) is 2.48. The normalized spacial score (nSPS) is 17.9. The molecule has 0 fully saturated rings. The first-order valence-electron chi connectivity index (χ1n) is 6.95. The first-order valence-corrected chi connectivity index (χ1v) is 7.83. The molecule has 0 saturated carbocycles. The summed E-state index contributed by atoms with van der Waals surface area (Å²) in [6.45, 7) is 5.00. The van der Waals surface area contributed by atoms with Crippen molar-refractivity contribution >= 4 is 22.9 Å². The Hall–Kier alpha value is -1.68. The molecule has 1 aliphatic rings. The summed E-state index contributed by atoms with van der Waals surface area (Å²) in [5.41, 5.74) is 3.23. The zero-order chi connectivity index (χ0) is 14.1. The van der Waals surface area contributed by atoms with E-state index in [-0.39, 0.29) is 5.91 Å². The minimum Gasteiger partial charge on any atom is -0.312 e. The largest absolute Gasteiger partial charge is 0.312 e. The zero-order valence-corrected chi connectivity index (χ0v) is 12.6. The Morgan fingerprint density at radius 2 is 2.25 bits per heavy atom. The second-order valence-corrected chi connectivity index (χ2v) is 6.39. The highest BCUT2D eigenvalue weighted by atomic mass is 32.1. The van der Waals surface area contributed by atoms with Crippen LogP contribution in [0.3, 0.4) is 0 Å². The number of hydrogen-bond acceptors (Lipinski definition) is 3. The van der Waals surface area contributed by atoms with Gasteiger partial charge in [0.15, 0.2) is 0 Å². The standard InChI is InChI=1S/C16H18N2OS/c1-11-7-8-18(15-6-4-3-5-14(11)15)16(19)9-13-10-20-12(2)17-13/h3-6,10-11H,7-9H2,1-2H3. The van der Waals surface area contributed by atoms with Gasteiger partial charge in [-0.15, -0.1) is 11.3 Å². The van der Waals surface area contributed by atoms with Crippen LogP contribution in [0, 0.1) is 6.92 Å². The molecule has 1 aliphatic heterocycles. The molecule has 0 aliphatic carbocycles. The van der Waals surface area contributed by atoms with Crippen LogP contribution in [0.25, 0.3) is 0 Å². The number of fused-ring (bicyclic) bond motifs is 1. The number of hydrogen-bond donors (Lipinski definition) is 0. The van der Waals surface area contributed by atoms with Crippen LogP contribution >= 0.6 is 11.3 Å². The summed E-state index contributed by atoms with van der Waals surface area (Å²) >= 11 is 1.60. The Kier molecular flexibility index (Phi) is 3.57. The summed E-state index contributed by atoms with van der Waals surface area (Å²) in [7, 11) is 0. The first-order chi connectivity index (χ1) is 9.65. The van der Waals surface area contributed by atoms with Crippen LogP contribution in [-0.4, -0.2) is 17.4 Å². The maximum Gasteiger partial charge on any atom is 0.233 e. The molecule has 0 saturated heterocycles. The fraction of sp³-hybridized carbons (Fsp3) is 0.375. The fourth-order valence-corrected chi connectivity index (χ4v) is 3.36. The second kappa shape index (κ2) is 5.37. The molecule has 0 bridgehead atoms. The van der Waals surface area contributed by atoms with Crippen LogP contribution in [-0.2, 0) is 11.2 Å². The molecule has 0 spiro atoms. The van der Waals surface area contributed by atoms with E-state index in [1.54, 1.807) is 11.3 Å². The molecule has 104 valence electrons. The van der Waals surface area contributed by atoms with Crippen molar-refractivity contribution in [3.8, 4) is 0 Å². The van der Waals surface area contributed by atoms with Gasteiger partial charge in [0.2, 0.25) is 5.91 Å². The lowest BCUT2D eigenvalue weighted by Gasteiger charge is -2.32. The molecule has 20 heavy (non-hydrogen) atoms. The van der Waals surface area contributed by atoms with Crippen molar-refractivity contribution in [1.82, 2.24) is 4.98 Å². The molecule has 1 aromatic heterocycles. The van der Waals surface area contributed by atoms with E-state index in [2.05, 4.69) is 24.0 Å². The number of nitrogens with zero attached hydrogens (tertiary/aromatic N) is 2. The van der Waals surface area contributed by atoms with Gasteiger partial charge in [-0.1, -0.05) is 25.1 Å². The van der Waals surface area contributed by atoms with Gasteiger partial charge in [0.25, 0.3) is 0 Å². The van der Waals surface area contributed by atoms with Crippen LogP contribution in [0.1, 0.15) is 35.5 Å². The van der Waals surface area contributed by atoms with Gasteiger partial charge in [0.1, 0.15) is 0 Å². The smallest absolute Gasteiger partial charge is 0.233 e. The second-order valence-electron chi connectivity index (χ2n) is 5.33. The van der Waals surface area contributed by atoms with Crippen molar-refractivity contribution < 1.29 is 4.79 Å². The fourth-order valence-electron chi connectivity index (χ4n) is 2.75. The minimum atomic E-state index is 0.148. The van der Waals surface area contributed by atoms with Crippen molar-refractivity contribution in [3.05, 3.63) is 45.9 Å². The van der Waals surface area contributed by atoms with E-state index in [0.717, 1.165) is 29.4 Å². The molecule has 4 heteroatoms. The topological polar surface area (TPSA) is 33.2 Å². The number of rotatable bonds is 2. The van der Waals surface area contributed by atoms with Crippen molar-refractivity contribution in [2.24, 2.45) is 0 Å². The lowest BCUT2D eigenvalue weighted by molar-refractivity contribution is -0.118. The van der Waals surface area contributed by atoms with Gasteiger partial charge >= 0.3 is 0 Å². The predicted octanol–water partition coefficient (Wildman–Crippen LogP) is 3.53. The van der Waals surface area contributed by atoms with E-state index in [1.807, 2.05) is 29.3 Å². The molecule has 2 heterocycles. The van der Waals surface area contributed by atoms with Crippen molar-refractivity contribution in [2.75, 3.05) is 11.4 Å². The Balaban J connectivity index is 1.84. The summed E-state index contributed by atoms with van der Waals surface area (Å²) < 4.78 is 0. The maximum atomic E-state index is 12.5. The Labute approximate surface area is 123 Å². The number of amides is 1. The van der Waals surface area contributed by atoms with Crippen molar-refractivity contribution in [2.45, 2.75) is 32.6 Å². The number of anilines is 1. The van der Waals surface area contributed by atoms with Crippen molar-refractivity contribution in [1.29, 1.82) is 0 Å². The summed E-state index contributed by atoms with van der Waals surface area (Å²) in [4.78, 5) is 18.8. The SMILES string of the molecule is Cc1nc(CC(=O)N2CCC(C)c3ccccc32)cs1. The van der Waals surface area contributed by atoms with Crippen LogP contribution in [0.5, 0.6) is 0 Å². The van der Waals surface area contributed by atoms with E-state index < -0.39 is 0 Å². The Morgan fingerprint density at radius 3 is 3.00 bits per heavy atom. The summed E-state index contributed by atoms with van der Waals surface area (Å²) in [6, 6.07) is 8.23. The molecule has 3 nitrogen and oxygen atoms in total. The lowest BCUT2D eigenvalue weighted by Crippen LogP contribution is -2.37. The number of thiazole rings is 1. The van der Waals surface area contributed by atoms with E-state index in [4.69, 9.17) is 0 Å². The van der Waals surface area contributed by atoms with Crippen LogP contribution < -0.4 is 4.90 Å². The van der Waals surface area contributed by atoms with Crippen LogP contribution in [0.2, 0.25) is 0 Å². The molecule has 1 aromatic carbocycles. The van der Waals surface area contributed by atoms with E-state index in [1.165, 1.54) is 5.56 Å². The van der Waals surface area contributed by atoms with Gasteiger partial charge in [-0.2, -0.15) is 0 Å². The van der Waals surface area contributed by atoms with Crippen molar-refractivity contribution in [3.63, 3.8) is 0 Å². The van der Waals surface area contributed by atoms with Crippen LogP contribution in [0.15, 0.2) is 29.6 Å². The van der Waals surface area contributed by atoms with E-state index in [9.17, 15) is 4.79 Å². The highest BCUT2D eigenvalue weighted by molar-refractivity contribution is 7.09. The molecule has 1 unspecified atom stereocenters. The average molecular weight is 286 g/mol. The van der Waals surface area contributed by atoms with Gasteiger partial charge in [-0.05, 0) is 30.9 Å². The number of aryl methyl sites for hydroxylation is 1.